The van der Waals surface area contributed by atoms with Gasteiger partial charge in [-0.15, -0.1) is 5.10 Å². The first-order valence-corrected chi connectivity index (χ1v) is 9.66. The minimum atomic E-state index is -0.289. The molecule has 3 rings (SSSR count). The topological polar surface area (TPSA) is 59.8 Å². The first-order valence-electron chi connectivity index (χ1n) is 8.67. The first kappa shape index (κ1) is 19.1. The molecule has 0 saturated carbocycles. The number of aromatic nitrogens is 3. The molecule has 3 aromatic rings. The molecule has 1 N–H and O–H groups in total. The summed E-state index contributed by atoms with van der Waals surface area (Å²) in [6, 6.07) is 15.7. The van der Waals surface area contributed by atoms with Gasteiger partial charge in [0.25, 0.3) is 0 Å². The molecule has 0 aliphatic heterocycles. The number of carbonyl (C=O) groups is 1. The van der Waals surface area contributed by atoms with Gasteiger partial charge in [0.2, 0.25) is 11.1 Å². The molecule has 140 valence electrons. The van der Waals surface area contributed by atoms with E-state index in [4.69, 9.17) is 0 Å². The van der Waals surface area contributed by atoms with Gasteiger partial charge in [-0.1, -0.05) is 55.9 Å². The molecule has 0 aliphatic carbocycles. The zero-order chi connectivity index (χ0) is 19.2. The van der Waals surface area contributed by atoms with Crippen molar-refractivity contribution in [3.63, 3.8) is 0 Å². The van der Waals surface area contributed by atoms with Crippen LogP contribution in [0, 0.1) is 11.7 Å². The van der Waals surface area contributed by atoms with E-state index in [1.165, 1.54) is 23.9 Å². The number of thioether (sulfide) groups is 1. The van der Waals surface area contributed by atoms with E-state index in [-0.39, 0.29) is 29.4 Å². The minimum Gasteiger partial charge on any atom is -0.348 e. The van der Waals surface area contributed by atoms with E-state index in [1.54, 1.807) is 23.1 Å². The van der Waals surface area contributed by atoms with Gasteiger partial charge in [-0.05, 0) is 35.7 Å². The van der Waals surface area contributed by atoms with Gasteiger partial charge in [0.1, 0.15) is 12.1 Å². The van der Waals surface area contributed by atoms with E-state index >= 15 is 0 Å². The van der Waals surface area contributed by atoms with Crippen LogP contribution in [0.4, 0.5) is 4.39 Å². The van der Waals surface area contributed by atoms with Gasteiger partial charge in [0, 0.05) is 0 Å². The maximum atomic E-state index is 13.1. The van der Waals surface area contributed by atoms with Crippen molar-refractivity contribution >= 4 is 17.7 Å². The number of para-hydroxylation sites is 1. The van der Waals surface area contributed by atoms with Crippen LogP contribution in [0.5, 0.6) is 0 Å². The molecule has 0 saturated heterocycles. The average molecular weight is 384 g/mol. The number of benzene rings is 2. The number of amides is 1. The monoisotopic (exact) mass is 384 g/mol. The normalized spacial score (nSPS) is 12.1. The maximum Gasteiger partial charge on any atom is 0.230 e. The lowest BCUT2D eigenvalue weighted by atomic mass is 9.96. The van der Waals surface area contributed by atoms with Crippen molar-refractivity contribution in [2.24, 2.45) is 5.92 Å². The third-order valence-electron chi connectivity index (χ3n) is 4.04. The van der Waals surface area contributed by atoms with E-state index in [0.717, 1.165) is 11.3 Å². The number of hydrogen-bond acceptors (Lipinski definition) is 4. The van der Waals surface area contributed by atoms with Crippen LogP contribution in [-0.2, 0) is 4.79 Å². The van der Waals surface area contributed by atoms with Crippen LogP contribution in [0.15, 0.2) is 66.1 Å². The molecule has 1 aromatic heterocycles. The molecular weight excluding hydrogens is 363 g/mol. The Bertz CT molecular complexity index is 881. The van der Waals surface area contributed by atoms with Crippen molar-refractivity contribution in [3.8, 4) is 5.69 Å². The summed E-state index contributed by atoms with van der Waals surface area (Å²) in [5.74, 6) is -0.00873. The standard InChI is InChI=1S/C20H21FN4OS/c1-14(2)19(15-8-10-16(21)11-9-15)23-18(26)12-27-20-22-13-25(24-20)17-6-4-3-5-7-17/h3-11,13-14,19H,12H2,1-2H3,(H,23,26). The predicted molar refractivity (Wildman–Crippen MR) is 104 cm³/mol. The molecule has 0 aliphatic rings. The summed E-state index contributed by atoms with van der Waals surface area (Å²) < 4.78 is 14.8. The first-order chi connectivity index (χ1) is 13.0. The van der Waals surface area contributed by atoms with Crippen LogP contribution in [0.2, 0.25) is 0 Å². The highest BCUT2D eigenvalue weighted by molar-refractivity contribution is 7.99. The highest BCUT2D eigenvalue weighted by Crippen LogP contribution is 2.22. The van der Waals surface area contributed by atoms with Crippen molar-refractivity contribution in [1.29, 1.82) is 0 Å². The summed E-state index contributed by atoms with van der Waals surface area (Å²) in [5.41, 5.74) is 1.80. The number of rotatable bonds is 7. The fourth-order valence-electron chi connectivity index (χ4n) is 2.67. The van der Waals surface area contributed by atoms with Crippen LogP contribution < -0.4 is 5.32 Å². The molecule has 0 bridgehead atoms. The molecule has 27 heavy (non-hydrogen) atoms. The summed E-state index contributed by atoms with van der Waals surface area (Å²) in [6.45, 7) is 4.04. The summed E-state index contributed by atoms with van der Waals surface area (Å²) in [7, 11) is 0. The Kier molecular flexibility index (Phi) is 6.24. The fourth-order valence-corrected chi connectivity index (χ4v) is 3.28. The number of nitrogens with zero attached hydrogens (tertiary/aromatic N) is 3. The second-order valence-corrected chi connectivity index (χ2v) is 7.38. The molecule has 2 aromatic carbocycles. The van der Waals surface area contributed by atoms with Gasteiger partial charge >= 0.3 is 0 Å². The Morgan fingerprint density at radius 3 is 2.52 bits per heavy atom. The van der Waals surface area contributed by atoms with E-state index in [1.807, 2.05) is 44.2 Å². The second kappa shape index (κ2) is 8.81. The predicted octanol–water partition coefficient (Wildman–Crippen LogP) is 4.01. The lowest BCUT2D eigenvalue weighted by molar-refractivity contribution is -0.119. The van der Waals surface area contributed by atoms with Crippen molar-refractivity contribution in [3.05, 3.63) is 72.3 Å². The number of hydrogen-bond donors (Lipinski definition) is 1. The molecule has 1 heterocycles. The highest BCUT2D eigenvalue weighted by Gasteiger charge is 2.19. The smallest absolute Gasteiger partial charge is 0.230 e. The van der Waals surface area contributed by atoms with Crippen LogP contribution >= 0.6 is 11.8 Å². The van der Waals surface area contributed by atoms with Gasteiger partial charge in [0.05, 0.1) is 17.5 Å². The summed E-state index contributed by atoms with van der Waals surface area (Å²) in [4.78, 5) is 16.6. The lowest BCUT2D eigenvalue weighted by Crippen LogP contribution is -2.33. The van der Waals surface area contributed by atoms with Crippen molar-refractivity contribution in [2.45, 2.75) is 25.0 Å². The summed E-state index contributed by atoms with van der Waals surface area (Å²) >= 11 is 1.28. The Morgan fingerprint density at radius 2 is 1.85 bits per heavy atom. The molecule has 0 fully saturated rings. The Labute approximate surface area is 162 Å². The molecule has 0 spiro atoms. The summed E-state index contributed by atoms with van der Waals surface area (Å²) in [5, 5.41) is 7.94. The fraction of sp³-hybridized carbons (Fsp3) is 0.250. The van der Waals surface area contributed by atoms with Crippen LogP contribution in [0.3, 0.4) is 0 Å². The molecule has 7 heteroatoms. The third kappa shape index (κ3) is 5.17. The SMILES string of the molecule is CC(C)C(NC(=O)CSc1ncn(-c2ccccc2)n1)c1ccc(F)cc1. The number of nitrogens with one attached hydrogen (secondary N) is 1. The zero-order valence-electron chi connectivity index (χ0n) is 15.2. The quantitative estimate of drug-likeness (QED) is 0.625. The molecule has 1 amide bonds. The average Bonchev–Trinajstić information content (AvgIpc) is 3.15. The van der Waals surface area contributed by atoms with Crippen molar-refractivity contribution < 1.29 is 9.18 Å². The van der Waals surface area contributed by atoms with E-state index < -0.39 is 0 Å². The Hall–Kier alpha value is -2.67. The van der Waals surface area contributed by atoms with Gasteiger partial charge in [-0.25, -0.2) is 14.1 Å². The van der Waals surface area contributed by atoms with Crippen LogP contribution in [-0.4, -0.2) is 26.4 Å². The van der Waals surface area contributed by atoms with E-state index in [0.29, 0.717) is 5.16 Å². The second-order valence-electron chi connectivity index (χ2n) is 6.44. The largest absolute Gasteiger partial charge is 0.348 e. The molecular formula is C20H21FN4OS. The molecule has 1 unspecified atom stereocenters. The zero-order valence-corrected chi connectivity index (χ0v) is 16.0. The van der Waals surface area contributed by atoms with Gasteiger partial charge in [-0.2, -0.15) is 0 Å². The third-order valence-corrected chi connectivity index (χ3v) is 4.89. The van der Waals surface area contributed by atoms with Gasteiger partial charge < -0.3 is 5.32 Å². The number of carbonyl (C=O) groups excluding carboxylic acids is 1. The highest BCUT2D eigenvalue weighted by atomic mass is 32.2. The van der Waals surface area contributed by atoms with Gasteiger partial charge in [0.15, 0.2) is 0 Å². The van der Waals surface area contributed by atoms with E-state index in [2.05, 4.69) is 15.4 Å². The van der Waals surface area contributed by atoms with Crippen LogP contribution in [0.1, 0.15) is 25.5 Å². The molecule has 5 nitrogen and oxygen atoms in total. The van der Waals surface area contributed by atoms with Crippen LogP contribution in [0.25, 0.3) is 5.69 Å². The summed E-state index contributed by atoms with van der Waals surface area (Å²) in [6.07, 6.45) is 1.63. The Balaban J connectivity index is 1.58. The molecule has 0 radical (unpaired) electrons. The van der Waals surface area contributed by atoms with Crippen molar-refractivity contribution in [1.82, 2.24) is 20.1 Å². The lowest BCUT2D eigenvalue weighted by Gasteiger charge is -2.22. The van der Waals surface area contributed by atoms with E-state index in [9.17, 15) is 9.18 Å². The maximum absolute atomic E-state index is 13.1. The number of halogens is 1. The Morgan fingerprint density at radius 1 is 1.15 bits per heavy atom. The minimum absolute atomic E-state index is 0.112. The van der Waals surface area contributed by atoms with Crippen molar-refractivity contribution in [2.75, 3.05) is 5.75 Å². The van der Waals surface area contributed by atoms with Gasteiger partial charge in [-0.3, -0.25) is 4.79 Å². The molecule has 1 atom stereocenters.